The molecule has 2 N–H and O–H groups in total. The number of hydrogen-bond acceptors (Lipinski definition) is 3. The van der Waals surface area contributed by atoms with Crippen molar-refractivity contribution < 1.29 is 0 Å². The molecule has 0 aromatic carbocycles. The molecule has 94 valence electrons. The van der Waals surface area contributed by atoms with Crippen LogP contribution in [0.1, 0.15) is 39.0 Å². The van der Waals surface area contributed by atoms with Crippen LogP contribution in [0.25, 0.3) is 0 Å². The van der Waals surface area contributed by atoms with Crippen LogP contribution in [-0.4, -0.2) is 36.7 Å². The predicted octanol–water partition coefficient (Wildman–Crippen LogP) is 2.25. The van der Waals surface area contributed by atoms with E-state index in [1.54, 1.807) is 0 Å². The number of hydrogen-bond donors (Lipinski definition) is 2. The largest absolute Gasteiger partial charge is 0.317 e. The Labute approximate surface area is 104 Å². The summed E-state index contributed by atoms with van der Waals surface area (Å²) in [6.45, 7) is 5.99. The molecule has 2 aliphatic rings. The molecule has 2 rings (SSSR count). The quantitative estimate of drug-likeness (QED) is 0.773. The van der Waals surface area contributed by atoms with Crippen molar-refractivity contribution in [3.63, 3.8) is 0 Å². The molecule has 0 bridgehead atoms. The second-order valence-corrected chi connectivity index (χ2v) is 6.65. The summed E-state index contributed by atoms with van der Waals surface area (Å²) in [6.07, 6.45) is 7.00. The van der Waals surface area contributed by atoms with Gasteiger partial charge in [-0.05, 0) is 57.0 Å². The third-order valence-corrected chi connectivity index (χ3v) is 5.29. The first-order valence-electron chi connectivity index (χ1n) is 6.96. The standard InChI is InChI=1S/C13H26N2S/c1-2-16-13-5-3-4-12(13)15-10-11-6-8-14-9-7-11/h11-15H,2-10H2,1H3. The van der Waals surface area contributed by atoms with E-state index in [-0.39, 0.29) is 0 Å². The zero-order valence-corrected chi connectivity index (χ0v) is 11.3. The minimum absolute atomic E-state index is 0.805. The topological polar surface area (TPSA) is 24.1 Å². The number of thioether (sulfide) groups is 1. The van der Waals surface area contributed by atoms with Crippen LogP contribution in [-0.2, 0) is 0 Å². The summed E-state index contributed by atoms with van der Waals surface area (Å²) in [4.78, 5) is 0. The zero-order valence-electron chi connectivity index (χ0n) is 10.5. The molecule has 3 heteroatoms. The summed E-state index contributed by atoms with van der Waals surface area (Å²) in [7, 11) is 0. The molecular formula is C13H26N2S. The van der Waals surface area contributed by atoms with Gasteiger partial charge in [0.1, 0.15) is 0 Å². The average Bonchev–Trinajstić information content (AvgIpc) is 2.76. The maximum Gasteiger partial charge on any atom is 0.0201 e. The number of nitrogens with one attached hydrogen (secondary N) is 2. The molecule has 2 fully saturated rings. The van der Waals surface area contributed by atoms with Gasteiger partial charge in [-0.3, -0.25) is 0 Å². The first-order valence-corrected chi connectivity index (χ1v) is 8.00. The Hall–Kier alpha value is 0.270. The van der Waals surface area contributed by atoms with E-state index in [9.17, 15) is 0 Å². The highest BCUT2D eigenvalue weighted by Crippen LogP contribution is 2.30. The zero-order chi connectivity index (χ0) is 11.2. The number of rotatable bonds is 5. The summed E-state index contributed by atoms with van der Waals surface area (Å²) in [6, 6.07) is 0.805. The second kappa shape index (κ2) is 6.87. The van der Waals surface area contributed by atoms with Gasteiger partial charge in [0.15, 0.2) is 0 Å². The maximum absolute atomic E-state index is 3.84. The van der Waals surface area contributed by atoms with Crippen molar-refractivity contribution >= 4 is 11.8 Å². The van der Waals surface area contributed by atoms with Crippen LogP contribution in [0.5, 0.6) is 0 Å². The van der Waals surface area contributed by atoms with Gasteiger partial charge in [0, 0.05) is 11.3 Å². The molecule has 0 radical (unpaired) electrons. The normalized spacial score (nSPS) is 32.1. The maximum atomic E-state index is 3.84. The van der Waals surface area contributed by atoms with Crippen LogP contribution >= 0.6 is 11.8 Å². The monoisotopic (exact) mass is 242 g/mol. The Bertz CT molecular complexity index is 192. The smallest absolute Gasteiger partial charge is 0.0201 e. The third kappa shape index (κ3) is 3.64. The molecule has 16 heavy (non-hydrogen) atoms. The van der Waals surface area contributed by atoms with Crippen molar-refractivity contribution in [2.45, 2.75) is 50.3 Å². The fraction of sp³-hybridized carbons (Fsp3) is 1.00. The molecule has 0 amide bonds. The molecule has 1 saturated heterocycles. The first kappa shape index (κ1) is 12.7. The van der Waals surface area contributed by atoms with Crippen molar-refractivity contribution in [3.8, 4) is 0 Å². The molecule has 2 atom stereocenters. The summed E-state index contributed by atoms with van der Waals surface area (Å²) >= 11 is 2.16. The van der Waals surface area contributed by atoms with Crippen LogP contribution in [0.3, 0.4) is 0 Å². The molecule has 0 aromatic rings. The minimum Gasteiger partial charge on any atom is -0.317 e. The fourth-order valence-corrected chi connectivity index (χ4v) is 4.20. The fourth-order valence-electron chi connectivity index (χ4n) is 2.98. The van der Waals surface area contributed by atoms with Gasteiger partial charge in [0.25, 0.3) is 0 Å². The van der Waals surface area contributed by atoms with Gasteiger partial charge in [0.05, 0.1) is 0 Å². The molecule has 2 unspecified atom stereocenters. The summed E-state index contributed by atoms with van der Waals surface area (Å²) in [5.41, 5.74) is 0. The van der Waals surface area contributed by atoms with E-state index in [2.05, 4.69) is 29.3 Å². The molecule has 1 aliphatic heterocycles. The van der Waals surface area contributed by atoms with Crippen LogP contribution in [0.4, 0.5) is 0 Å². The Morgan fingerprint density at radius 2 is 2.00 bits per heavy atom. The van der Waals surface area contributed by atoms with Gasteiger partial charge in [-0.15, -0.1) is 0 Å². The van der Waals surface area contributed by atoms with Crippen LogP contribution in [0.15, 0.2) is 0 Å². The van der Waals surface area contributed by atoms with Gasteiger partial charge in [-0.2, -0.15) is 11.8 Å². The van der Waals surface area contributed by atoms with Crippen molar-refractivity contribution in [3.05, 3.63) is 0 Å². The summed E-state index contributed by atoms with van der Waals surface area (Å²) < 4.78 is 0. The summed E-state index contributed by atoms with van der Waals surface area (Å²) in [5, 5.41) is 8.17. The highest BCUT2D eigenvalue weighted by molar-refractivity contribution is 7.99. The van der Waals surface area contributed by atoms with Gasteiger partial charge >= 0.3 is 0 Å². The molecule has 0 spiro atoms. The van der Waals surface area contributed by atoms with Crippen molar-refractivity contribution in [2.75, 3.05) is 25.4 Å². The highest BCUT2D eigenvalue weighted by atomic mass is 32.2. The third-order valence-electron chi connectivity index (χ3n) is 3.96. The average molecular weight is 242 g/mol. The van der Waals surface area contributed by atoms with E-state index in [4.69, 9.17) is 0 Å². The molecule has 2 nitrogen and oxygen atoms in total. The van der Waals surface area contributed by atoms with E-state index in [1.807, 2.05) is 0 Å². The van der Waals surface area contributed by atoms with Gasteiger partial charge < -0.3 is 10.6 Å². The van der Waals surface area contributed by atoms with Crippen molar-refractivity contribution in [2.24, 2.45) is 5.92 Å². The SMILES string of the molecule is CCSC1CCCC1NCC1CCNCC1. The van der Waals surface area contributed by atoms with Crippen molar-refractivity contribution in [1.82, 2.24) is 10.6 Å². The number of piperidine rings is 1. The first-order chi connectivity index (χ1) is 7.90. The van der Waals surface area contributed by atoms with Crippen LogP contribution < -0.4 is 10.6 Å². The minimum atomic E-state index is 0.805. The molecule has 1 saturated carbocycles. The molecule has 0 aromatic heterocycles. The Kier molecular flexibility index (Phi) is 5.46. The van der Waals surface area contributed by atoms with Gasteiger partial charge in [-0.1, -0.05) is 13.3 Å². The lowest BCUT2D eigenvalue weighted by Crippen LogP contribution is -2.40. The highest BCUT2D eigenvalue weighted by Gasteiger charge is 2.27. The Morgan fingerprint density at radius 3 is 2.75 bits per heavy atom. The Morgan fingerprint density at radius 1 is 1.19 bits per heavy atom. The Balaban J connectivity index is 1.67. The second-order valence-electron chi connectivity index (χ2n) is 5.13. The van der Waals surface area contributed by atoms with Crippen LogP contribution in [0.2, 0.25) is 0 Å². The molecule has 1 heterocycles. The molecule has 1 aliphatic carbocycles. The van der Waals surface area contributed by atoms with E-state index in [0.29, 0.717) is 0 Å². The van der Waals surface area contributed by atoms with E-state index >= 15 is 0 Å². The lowest BCUT2D eigenvalue weighted by Gasteiger charge is -2.26. The van der Waals surface area contributed by atoms with E-state index < -0.39 is 0 Å². The molecular weight excluding hydrogens is 216 g/mol. The lowest BCUT2D eigenvalue weighted by atomic mass is 9.98. The van der Waals surface area contributed by atoms with Crippen LogP contribution in [0, 0.1) is 5.92 Å². The predicted molar refractivity (Wildman–Crippen MR) is 73.2 cm³/mol. The van der Waals surface area contributed by atoms with Crippen molar-refractivity contribution in [1.29, 1.82) is 0 Å². The van der Waals surface area contributed by atoms with E-state index in [1.165, 1.54) is 57.5 Å². The van der Waals surface area contributed by atoms with E-state index in [0.717, 1.165) is 17.2 Å². The lowest BCUT2D eigenvalue weighted by molar-refractivity contribution is 0.341. The van der Waals surface area contributed by atoms with Gasteiger partial charge in [0.2, 0.25) is 0 Å². The summed E-state index contributed by atoms with van der Waals surface area (Å²) in [5.74, 6) is 2.20. The van der Waals surface area contributed by atoms with Gasteiger partial charge in [-0.25, -0.2) is 0 Å².